The van der Waals surface area contributed by atoms with Gasteiger partial charge in [-0.25, -0.2) is 13.2 Å². The number of hydrogen-bond donors (Lipinski definition) is 0. The van der Waals surface area contributed by atoms with Crippen molar-refractivity contribution in [1.82, 2.24) is 0 Å². The van der Waals surface area contributed by atoms with Crippen molar-refractivity contribution in [2.24, 2.45) is 0 Å². The van der Waals surface area contributed by atoms with Crippen molar-refractivity contribution in [3.8, 4) is 11.5 Å². The van der Waals surface area contributed by atoms with Gasteiger partial charge in [0.2, 0.25) is 0 Å². The van der Waals surface area contributed by atoms with Crippen LogP contribution in [0, 0.1) is 0 Å². The van der Waals surface area contributed by atoms with Crippen LogP contribution in [-0.2, 0) is 9.84 Å². The summed E-state index contributed by atoms with van der Waals surface area (Å²) in [6.45, 7) is 0. The molecule has 0 unspecified atom stereocenters. The predicted octanol–water partition coefficient (Wildman–Crippen LogP) is 2.32. The van der Waals surface area contributed by atoms with Crippen LogP contribution in [0.15, 0.2) is 48.5 Å². The fourth-order valence-electron chi connectivity index (χ4n) is 3.88. The summed E-state index contributed by atoms with van der Waals surface area (Å²) in [6, 6.07) is 13.0. The highest BCUT2D eigenvalue weighted by atomic mass is 32.2. The number of amides is 2. The Bertz CT molecular complexity index is 991. The third kappa shape index (κ3) is 2.90. The molecule has 4 rings (SSSR count). The Balaban J connectivity index is 1.83. The molecule has 8 heteroatoms. The summed E-state index contributed by atoms with van der Waals surface area (Å²) in [6.07, 6.45) is 0. The Morgan fingerprint density at radius 1 is 0.926 bits per heavy atom. The van der Waals surface area contributed by atoms with E-state index >= 15 is 0 Å². The highest BCUT2D eigenvalue weighted by Gasteiger charge is 2.55. The second-order valence-electron chi connectivity index (χ2n) is 6.61. The molecule has 2 saturated heterocycles. The number of hydrogen-bond acceptors (Lipinski definition) is 5. The van der Waals surface area contributed by atoms with E-state index in [-0.39, 0.29) is 17.5 Å². The fourth-order valence-corrected chi connectivity index (χ4v) is 5.80. The van der Waals surface area contributed by atoms with Gasteiger partial charge in [-0.05, 0) is 24.3 Å². The van der Waals surface area contributed by atoms with Gasteiger partial charge in [0.1, 0.15) is 11.5 Å². The molecule has 27 heavy (non-hydrogen) atoms. The zero-order valence-electron chi connectivity index (χ0n) is 15.0. The third-order valence-corrected chi connectivity index (χ3v) is 6.74. The standard InChI is InChI=1S/C19H20N2O5S/c1-25-14-7-5-6-13(10-14)20-16-11-27(23,24)12-17(16)21(19(20)22)15-8-3-4-9-18(15)26-2/h3-10,16-17H,11-12H2,1-2H3/t16-,17-/m0/s1. The van der Waals surface area contributed by atoms with E-state index in [0.717, 1.165) is 0 Å². The van der Waals surface area contributed by atoms with Crippen LogP contribution in [0.3, 0.4) is 0 Å². The molecule has 2 aromatic carbocycles. The van der Waals surface area contributed by atoms with Gasteiger partial charge in [-0.3, -0.25) is 9.80 Å². The van der Waals surface area contributed by atoms with Crippen LogP contribution in [0.5, 0.6) is 11.5 Å². The van der Waals surface area contributed by atoms with Gasteiger partial charge in [0.25, 0.3) is 0 Å². The average molecular weight is 388 g/mol. The normalized spacial score (nSPS) is 23.4. The van der Waals surface area contributed by atoms with Gasteiger partial charge < -0.3 is 9.47 Å². The highest BCUT2D eigenvalue weighted by molar-refractivity contribution is 7.91. The molecule has 2 aliphatic rings. The minimum absolute atomic E-state index is 0.0632. The number of benzene rings is 2. The molecule has 2 aromatic rings. The van der Waals surface area contributed by atoms with E-state index in [1.54, 1.807) is 59.4 Å². The maximum atomic E-state index is 13.4. The van der Waals surface area contributed by atoms with Crippen LogP contribution in [0.2, 0.25) is 0 Å². The number of carbonyl (C=O) groups excluding carboxylic acids is 1. The molecule has 2 fully saturated rings. The van der Waals surface area contributed by atoms with Crippen molar-refractivity contribution < 1.29 is 22.7 Å². The largest absolute Gasteiger partial charge is 0.497 e. The van der Waals surface area contributed by atoms with Crippen molar-refractivity contribution in [3.05, 3.63) is 48.5 Å². The van der Waals surface area contributed by atoms with Gasteiger partial charge in [0.15, 0.2) is 9.84 Å². The van der Waals surface area contributed by atoms with Crippen molar-refractivity contribution in [1.29, 1.82) is 0 Å². The molecule has 0 spiro atoms. The summed E-state index contributed by atoms with van der Waals surface area (Å²) in [7, 11) is -0.173. The van der Waals surface area contributed by atoms with E-state index in [1.807, 2.05) is 6.07 Å². The maximum absolute atomic E-state index is 13.4. The third-order valence-electron chi connectivity index (χ3n) is 5.05. The first kappa shape index (κ1) is 17.7. The fraction of sp³-hybridized carbons (Fsp3) is 0.316. The molecule has 0 aliphatic carbocycles. The van der Waals surface area contributed by atoms with Gasteiger partial charge >= 0.3 is 6.03 Å². The molecule has 2 heterocycles. The number of para-hydroxylation sites is 2. The van der Waals surface area contributed by atoms with Crippen LogP contribution >= 0.6 is 0 Å². The van der Waals surface area contributed by atoms with E-state index in [4.69, 9.17) is 9.47 Å². The number of nitrogens with zero attached hydrogens (tertiary/aromatic N) is 2. The van der Waals surface area contributed by atoms with E-state index in [9.17, 15) is 13.2 Å². The van der Waals surface area contributed by atoms with Gasteiger partial charge in [-0.2, -0.15) is 0 Å². The molecule has 0 aromatic heterocycles. The summed E-state index contributed by atoms with van der Waals surface area (Å²) in [5, 5.41) is 0. The zero-order valence-corrected chi connectivity index (χ0v) is 15.8. The van der Waals surface area contributed by atoms with Gasteiger partial charge in [-0.15, -0.1) is 0 Å². The van der Waals surface area contributed by atoms with E-state index in [1.165, 1.54) is 7.11 Å². The molecule has 2 amide bonds. The van der Waals surface area contributed by atoms with Crippen molar-refractivity contribution >= 4 is 27.2 Å². The zero-order chi connectivity index (χ0) is 19.2. The van der Waals surface area contributed by atoms with Crippen LogP contribution < -0.4 is 19.3 Å². The number of rotatable bonds is 4. The molecule has 0 radical (unpaired) electrons. The highest BCUT2D eigenvalue weighted by Crippen LogP contribution is 2.41. The number of sulfone groups is 1. The number of anilines is 2. The van der Waals surface area contributed by atoms with E-state index in [0.29, 0.717) is 22.9 Å². The number of methoxy groups -OCH3 is 2. The first-order valence-electron chi connectivity index (χ1n) is 8.55. The number of carbonyl (C=O) groups is 1. The van der Waals surface area contributed by atoms with Gasteiger partial charge in [0.05, 0.1) is 43.5 Å². The van der Waals surface area contributed by atoms with Crippen molar-refractivity contribution in [2.45, 2.75) is 12.1 Å². The Kier molecular flexibility index (Phi) is 4.22. The molecule has 2 atom stereocenters. The lowest BCUT2D eigenvalue weighted by Gasteiger charge is -2.24. The van der Waals surface area contributed by atoms with Crippen LogP contribution in [-0.4, -0.2) is 52.3 Å². The number of fused-ring (bicyclic) bond motifs is 1. The van der Waals surface area contributed by atoms with Crippen molar-refractivity contribution in [3.63, 3.8) is 0 Å². The van der Waals surface area contributed by atoms with Gasteiger partial charge in [0, 0.05) is 11.8 Å². The average Bonchev–Trinajstić information content (AvgIpc) is 3.10. The number of ether oxygens (including phenoxy) is 2. The summed E-state index contributed by atoms with van der Waals surface area (Å²) >= 11 is 0. The topological polar surface area (TPSA) is 76.2 Å². The summed E-state index contributed by atoms with van der Waals surface area (Å²) in [5.74, 6) is 1.00. The van der Waals surface area contributed by atoms with Gasteiger partial charge in [-0.1, -0.05) is 18.2 Å². The molecular weight excluding hydrogens is 368 g/mol. The Morgan fingerprint density at radius 3 is 2.33 bits per heavy atom. The Hall–Kier alpha value is -2.74. The van der Waals surface area contributed by atoms with Crippen molar-refractivity contribution in [2.75, 3.05) is 35.5 Å². The molecule has 2 aliphatic heterocycles. The quantitative estimate of drug-likeness (QED) is 0.752. The lowest BCUT2D eigenvalue weighted by atomic mass is 10.1. The first-order valence-corrected chi connectivity index (χ1v) is 10.4. The van der Waals surface area contributed by atoms with E-state index in [2.05, 4.69) is 0 Å². The van der Waals surface area contributed by atoms with E-state index < -0.39 is 21.9 Å². The molecule has 0 saturated carbocycles. The molecule has 7 nitrogen and oxygen atoms in total. The number of urea groups is 1. The maximum Gasteiger partial charge on any atom is 0.329 e. The van der Waals surface area contributed by atoms with Crippen LogP contribution in [0.4, 0.5) is 16.2 Å². The molecule has 0 N–H and O–H groups in total. The minimum atomic E-state index is -3.25. The molecule has 0 bridgehead atoms. The lowest BCUT2D eigenvalue weighted by Crippen LogP contribution is -2.38. The Labute approximate surface area is 158 Å². The summed E-state index contributed by atoms with van der Waals surface area (Å²) in [4.78, 5) is 16.5. The Morgan fingerprint density at radius 2 is 1.63 bits per heavy atom. The summed E-state index contributed by atoms with van der Waals surface area (Å²) < 4.78 is 35.4. The van der Waals surface area contributed by atoms with Crippen LogP contribution in [0.25, 0.3) is 0 Å². The van der Waals surface area contributed by atoms with Crippen LogP contribution in [0.1, 0.15) is 0 Å². The molecule has 142 valence electrons. The monoisotopic (exact) mass is 388 g/mol. The minimum Gasteiger partial charge on any atom is -0.497 e. The SMILES string of the molecule is COc1cccc(N2C(=O)N(c3ccccc3OC)[C@H]3CS(=O)(=O)C[C@@H]32)c1. The second kappa shape index (κ2) is 6.45. The molecular formula is C19H20N2O5S. The first-order chi connectivity index (χ1) is 12.9. The lowest BCUT2D eigenvalue weighted by molar-refractivity contribution is 0.255. The predicted molar refractivity (Wildman–Crippen MR) is 103 cm³/mol. The summed E-state index contributed by atoms with van der Waals surface area (Å²) in [5.41, 5.74) is 1.19. The smallest absolute Gasteiger partial charge is 0.329 e. The second-order valence-corrected chi connectivity index (χ2v) is 8.76.